The van der Waals surface area contributed by atoms with Gasteiger partial charge in [0, 0.05) is 5.56 Å². The van der Waals surface area contributed by atoms with Gasteiger partial charge in [-0.15, -0.1) is 5.10 Å². The van der Waals surface area contributed by atoms with Crippen LogP contribution in [0.25, 0.3) is 11.5 Å². The molecule has 1 amide bonds. The normalized spacial score (nSPS) is 10.9. The first-order valence-corrected chi connectivity index (χ1v) is 7.99. The van der Waals surface area contributed by atoms with Crippen molar-refractivity contribution in [2.45, 2.75) is 26.2 Å². The highest BCUT2D eigenvalue weighted by molar-refractivity contribution is 5.90. The summed E-state index contributed by atoms with van der Waals surface area (Å²) >= 11 is 0. The Bertz CT molecular complexity index is 872. The zero-order valence-electron chi connectivity index (χ0n) is 14.0. The van der Waals surface area contributed by atoms with Crippen LogP contribution in [0.15, 0.2) is 52.9 Å². The Morgan fingerprint density at radius 3 is 2.60 bits per heavy atom. The van der Waals surface area contributed by atoms with Crippen molar-refractivity contribution in [3.05, 3.63) is 65.5 Å². The standard InChI is InChI=1S/C19H18FN3O2/c1-12(2)14-8-6-13(7-9-14)10-17(24)21-19-23-22-18(25-19)15-4-3-5-16(20)11-15/h3-9,11-12H,10H2,1-2H3,(H,21,23,24). The molecule has 0 aliphatic heterocycles. The van der Waals surface area contributed by atoms with Crippen LogP contribution in [-0.4, -0.2) is 16.1 Å². The number of nitrogens with one attached hydrogen (secondary N) is 1. The molecular weight excluding hydrogens is 321 g/mol. The van der Waals surface area contributed by atoms with Gasteiger partial charge in [0.1, 0.15) is 5.82 Å². The maximum absolute atomic E-state index is 13.2. The molecule has 0 saturated carbocycles. The zero-order valence-corrected chi connectivity index (χ0v) is 14.0. The van der Waals surface area contributed by atoms with E-state index in [-0.39, 0.29) is 24.2 Å². The second-order valence-electron chi connectivity index (χ2n) is 6.04. The molecule has 0 fully saturated rings. The molecule has 25 heavy (non-hydrogen) atoms. The van der Waals surface area contributed by atoms with Gasteiger partial charge in [-0.25, -0.2) is 4.39 Å². The minimum atomic E-state index is -0.397. The van der Waals surface area contributed by atoms with Crippen LogP contribution in [0.4, 0.5) is 10.4 Å². The van der Waals surface area contributed by atoms with Crippen molar-refractivity contribution in [2.24, 2.45) is 0 Å². The van der Waals surface area contributed by atoms with Crippen LogP contribution >= 0.6 is 0 Å². The van der Waals surface area contributed by atoms with Crippen molar-refractivity contribution < 1.29 is 13.6 Å². The number of hydrogen-bond donors (Lipinski definition) is 1. The van der Waals surface area contributed by atoms with E-state index >= 15 is 0 Å². The van der Waals surface area contributed by atoms with E-state index in [1.807, 2.05) is 24.3 Å². The molecule has 0 atom stereocenters. The Hall–Kier alpha value is -3.02. The van der Waals surface area contributed by atoms with Crippen molar-refractivity contribution in [2.75, 3.05) is 5.32 Å². The van der Waals surface area contributed by atoms with Gasteiger partial charge >= 0.3 is 6.01 Å². The van der Waals surface area contributed by atoms with Crippen molar-refractivity contribution in [3.63, 3.8) is 0 Å². The van der Waals surface area contributed by atoms with Crippen molar-refractivity contribution in [3.8, 4) is 11.5 Å². The van der Waals surface area contributed by atoms with Crippen LogP contribution in [0.1, 0.15) is 30.9 Å². The van der Waals surface area contributed by atoms with E-state index in [1.165, 1.54) is 17.7 Å². The van der Waals surface area contributed by atoms with Crippen LogP contribution in [0, 0.1) is 5.82 Å². The second-order valence-corrected chi connectivity index (χ2v) is 6.04. The number of aromatic nitrogens is 2. The summed E-state index contributed by atoms with van der Waals surface area (Å²) in [4.78, 5) is 12.1. The van der Waals surface area contributed by atoms with Crippen molar-refractivity contribution in [1.29, 1.82) is 0 Å². The third-order valence-corrected chi connectivity index (χ3v) is 3.75. The number of anilines is 1. The van der Waals surface area contributed by atoms with Gasteiger partial charge in [0.05, 0.1) is 6.42 Å². The number of amides is 1. The Labute approximate surface area is 144 Å². The molecule has 2 aromatic carbocycles. The molecule has 0 spiro atoms. The molecular formula is C19H18FN3O2. The number of carbonyl (C=O) groups is 1. The highest BCUT2D eigenvalue weighted by atomic mass is 19.1. The number of hydrogen-bond acceptors (Lipinski definition) is 4. The van der Waals surface area contributed by atoms with Gasteiger partial charge in [0.15, 0.2) is 0 Å². The fourth-order valence-electron chi connectivity index (χ4n) is 2.38. The summed E-state index contributed by atoms with van der Waals surface area (Å²) in [5.41, 5.74) is 2.57. The summed E-state index contributed by atoms with van der Waals surface area (Å²) in [5, 5.41) is 10.2. The maximum atomic E-state index is 13.2. The van der Waals surface area contributed by atoms with Gasteiger partial charge in [0.2, 0.25) is 11.8 Å². The van der Waals surface area contributed by atoms with Crippen LogP contribution < -0.4 is 5.32 Å². The fraction of sp³-hybridized carbons (Fsp3) is 0.211. The average molecular weight is 339 g/mol. The summed E-state index contributed by atoms with van der Waals surface area (Å²) in [7, 11) is 0. The summed E-state index contributed by atoms with van der Waals surface area (Å²) in [6, 6.07) is 13.7. The lowest BCUT2D eigenvalue weighted by Gasteiger charge is -2.06. The maximum Gasteiger partial charge on any atom is 0.322 e. The lowest BCUT2D eigenvalue weighted by molar-refractivity contribution is -0.115. The Morgan fingerprint density at radius 1 is 1.16 bits per heavy atom. The van der Waals surface area contributed by atoms with Gasteiger partial charge < -0.3 is 4.42 Å². The van der Waals surface area contributed by atoms with Gasteiger partial charge in [-0.3, -0.25) is 10.1 Å². The highest BCUT2D eigenvalue weighted by Crippen LogP contribution is 2.20. The van der Waals surface area contributed by atoms with E-state index < -0.39 is 5.82 Å². The molecule has 128 valence electrons. The molecule has 3 rings (SSSR count). The molecule has 0 aliphatic rings. The molecule has 1 N–H and O–H groups in total. The molecule has 0 bridgehead atoms. The van der Waals surface area contributed by atoms with E-state index in [1.54, 1.807) is 12.1 Å². The first kappa shape index (κ1) is 16.8. The third-order valence-electron chi connectivity index (χ3n) is 3.75. The number of nitrogens with zero attached hydrogens (tertiary/aromatic N) is 2. The first-order valence-electron chi connectivity index (χ1n) is 7.99. The minimum Gasteiger partial charge on any atom is -0.403 e. The SMILES string of the molecule is CC(C)c1ccc(CC(=O)Nc2nnc(-c3cccc(F)c3)o2)cc1. The van der Waals surface area contributed by atoms with E-state index in [0.717, 1.165) is 5.56 Å². The quantitative estimate of drug-likeness (QED) is 0.757. The largest absolute Gasteiger partial charge is 0.403 e. The molecule has 0 unspecified atom stereocenters. The minimum absolute atomic E-state index is 0.0111. The zero-order chi connectivity index (χ0) is 17.8. The van der Waals surface area contributed by atoms with E-state index in [0.29, 0.717) is 11.5 Å². The third kappa shape index (κ3) is 4.29. The summed E-state index contributed by atoms with van der Waals surface area (Å²) in [5.74, 6) is -0.0588. The number of carbonyl (C=O) groups excluding carboxylic acids is 1. The Morgan fingerprint density at radius 2 is 1.92 bits per heavy atom. The molecule has 1 aromatic heterocycles. The van der Waals surface area contributed by atoms with E-state index in [4.69, 9.17) is 4.42 Å². The smallest absolute Gasteiger partial charge is 0.322 e. The lowest BCUT2D eigenvalue weighted by atomic mass is 10.0. The molecule has 5 nitrogen and oxygen atoms in total. The fourth-order valence-corrected chi connectivity index (χ4v) is 2.38. The number of rotatable bonds is 5. The van der Waals surface area contributed by atoms with E-state index in [9.17, 15) is 9.18 Å². The number of benzene rings is 2. The molecule has 3 aromatic rings. The first-order chi connectivity index (χ1) is 12.0. The monoisotopic (exact) mass is 339 g/mol. The molecule has 0 aliphatic carbocycles. The topological polar surface area (TPSA) is 68.0 Å². The van der Waals surface area contributed by atoms with Crippen molar-refractivity contribution in [1.82, 2.24) is 10.2 Å². The highest BCUT2D eigenvalue weighted by Gasteiger charge is 2.12. The summed E-state index contributed by atoms with van der Waals surface area (Å²) in [6.07, 6.45) is 0.204. The number of halogens is 1. The lowest BCUT2D eigenvalue weighted by Crippen LogP contribution is -2.14. The van der Waals surface area contributed by atoms with Gasteiger partial charge in [0.25, 0.3) is 0 Å². The van der Waals surface area contributed by atoms with Crippen molar-refractivity contribution >= 4 is 11.9 Å². The predicted molar refractivity (Wildman–Crippen MR) is 92.6 cm³/mol. The molecule has 1 heterocycles. The van der Waals surface area contributed by atoms with E-state index in [2.05, 4.69) is 29.4 Å². The molecule has 0 radical (unpaired) electrons. The molecule has 6 heteroatoms. The molecule has 0 saturated heterocycles. The van der Waals surface area contributed by atoms with Gasteiger partial charge in [-0.2, -0.15) is 0 Å². The van der Waals surface area contributed by atoms with Gasteiger partial charge in [-0.05, 0) is 35.2 Å². The van der Waals surface area contributed by atoms with Crippen LogP contribution in [0.3, 0.4) is 0 Å². The van der Waals surface area contributed by atoms with Crippen LogP contribution in [0.5, 0.6) is 0 Å². The second kappa shape index (κ2) is 7.25. The Kier molecular flexibility index (Phi) is 4.88. The van der Waals surface area contributed by atoms with Crippen LogP contribution in [0.2, 0.25) is 0 Å². The summed E-state index contributed by atoms with van der Waals surface area (Å²) in [6.45, 7) is 4.24. The predicted octanol–water partition coefficient (Wildman–Crippen LogP) is 4.18. The van der Waals surface area contributed by atoms with Gasteiger partial charge in [-0.1, -0.05) is 49.3 Å². The Balaban J connectivity index is 1.63. The average Bonchev–Trinajstić information content (AvgIpc) is 3.03. The van der Waals surface area contributed by atoms with Crippen LogP contribution in [-0.2, 0) is 11.2 Å². The summed E-state index contributed by atoms with van der Waals surface area (Å²) < 4.78 is 18.6.